The molecule has 0 aliphatic heterocycles. The number of nitrogens with one attached hydrogen (secondary N) is 4. The minimum Gasteiger partial charge on any atom is -0.341 e. The highest BCUT2D eigenvalue weighted by atomic mass is 15.0. The number of benzene rings is 2. The van der Waals surface area contributed by atoms with Gasteiger partial charge in [-0.15, -0.1) is 0 Å². The van der Waals surface area contributed by atoms with Gasteiger partial charge in [0.05, 0.1) is 36.9 Å². The Hall–Kier alpha value is -3.22. The van der Waals surface area contributed by atoms with Crippen LogP contribution in [0.3, 0.4) is 0 Å². The van der Waals surface area contributed by atoms with Crippen LogP contribution in [0.5, 0.6) is 0 Å². The molecular formula is C31H42N6. The van der Waals surface area contributed by atoms with E-state index in [1.807, 2.05) is 26.2 Å². The van der Waals surface area contributed by atoms with Crippen LogP contribution in [0.4, 0.5) is 0 Å². The number of imidazole rings is 2. The summed E-state index contributed by atoms with van der Waals surface area (Å²) in [6, 6.07) is 13.9. The fourth-order valence-electron chi connectivity index (χ4n) is 4.68. The molecule has 6 heteroatoms. The van der Waals surface area contributed by atoms with E-state index >= 15 is 0 Å². The number of hydrogen-bond donors (Lipinski definition) is 4. The SMILES string of the molecule is CC.CCCNCc1ncc(-c2ccc(-c3ccc(-c4cnc(CN[C@@H](C)CC)[nH]4)c4c3CC4)cc2)[nH]1. The maximum absolute atomic E-state index is 4.61. The van der Waals surface area contributed by atoms with Crippen LogP contribution in [0.2, 0.25) is 0 Å². The van der Waals surface area contributed by atoms with Crippen LogP contribution in [-0.2, 0) is 25.9 Å². The zero-order chi connectivity index (χ0) is 26.2. The number of aromatic nitrogens is 4. The van der Waals surface area contributed by atoms with Crippen molar-refractivity contribution in [3.05, 3.63) is 71.6 Å². The lowest BCUT2D eigenvalue weighted by atomic mass is 9.79. The van der Waals surface area contributed by atoms with Crippen molar-refractivity contribution in [2.75, 3.05) is 6.54 Å². The molecule has 196 valence electrons. The van der Waals surface area contributed by atoms with Crippen molar-refractivity contribution >= 4 is 0 Å². The molecule has 5 rings (SSSR count). The van der Waals surface area contributed by atoms with Crippen molar-refractivity contribution in [1.29, 1.82) is 0 Å². The number of H-pyrrole nitrogens is 2. The number of aromatic amines is 2. The summed E-state index contributed by atoms with van der Waals surface area (Å²) in [5.41, 5.74) is 10.2. The van der Waals surface area contributed by atoms with Crippen LogP contribution in [0.1, 0.15) is 70.2 Å². The standard InChI is InChI=1S/C29H36N6.C2H6/c1-4-14-30-17-28-32-15-26(34-28)21-8-6-20(7-9-21)22-10-13-25(24-12-11-23(22)24)27-16-33-29(35-27)18-31-19(3)5-2;1-2/h6-10,13,15-16,19,30-31H,4-5,11-12,14,17-18H2,1-3H3,(H,32,34)(H,33,35);1-2H3/t19-;/m0./s1. The van der Waals surface area contributed by atoms with Gasteiger partial charge in [0.15, 0.2) is 0 Å². The smallest absolute Gasteiger partial charge is 0.120 e. The van der Waals surface area contributed by atoms with E-state index in [0.29, 0.717) is 6.04 Å². The third-order valence-corrected chi connectivity index (χ3v) is 7.06. The van der Waals surface area contributed by atoms with Gasteiger partial charge in [-0.05, 0) is 67.0 Å². The summed E-state index contributed by atoms with van der Waals surface area (Å²) in [6.45, 7) is 13.1. The molecule has 4 N–H and O–H groups in total. The predicted molar refractivity (Wildman–Crippen MR) is 154 cm³/mol. The quantitative estimate of drug-likeness (QED) is 0.175. The highest BCUT2D eigenvalue weighted by Crippen LogP contribution is 2.40. The van der Waals surface area contributed by atoms with Crippen molar-refractivity contribution in [3.63, 3.8) is 0 Å². The van der Waals surface area contributed by atoms with E-state index in [1.165, 1.54) is 27.8 Å². The van der Waals surface area contributed by atoms with Gasteiger partial charge in [0.25, 0.3) is 0 Å². The normalized spacial score (nSPS) is 12.9. The third-order valence-electron chi connectivity index (χ3n) is 7.06. The Morgan fingerprint density at radius 3 is 2.05 bits per heavy atom. The first-order chi connectivity index (χ1) is 18.2. The Kier molecular flexibility index (Phi) is 9.31. The molecule has 2 aromatic heterocycles. The lowest BCUT2D eigenvalue weighted by Crippen LogP contribution is -2.24. The summed E-state index contributed by atoms with van der Waals surface area (Å²) in [5, 5.41) is 6.90. The summed E-state index contributed by atoms with van der Waals surface area (Å²) in [6.07, 6.45) is 8.40. The molecule has 0 fully saturated rings. The topological polar surface area (TPSA) is 81.4 Å². The summed E-state index contributed by atoms with van der Waals surface area (Å²) in [7, 11) is 0. The Morgan fingerprint density at radius 2 is 1.38 bits per heavy atom. The van der Waals surface area contributed by atoms with Crippen LogP contribution in [-0.4, -0.2) is 32.5 Å². The number of nitrogens with zero attached hydrogens (tertiary/aromatic N) is 2. The van der Waals surface area contributed by atoms with Gasteiger partial charge in [-0.25, -0.2) is 9.97 Å². The monoisotopic (exact) mass is 498 g/mol. The van der Waals surface area contributed by atoms with Crippen molar-refractivity contribution in [2.24, 2.45) is 0 Å². The van der Waals surface area contributed by atoms with Crippen molar-refractivity contribution in [1.82, 2.24) is 30.6 Å². The zero-order valence-electron chi connectivity index (χ0n) is 23.0. The number of rotatable bonds is 11. The van der Waals surface area contributed by atoms with Gasteiger partial charge in [0.1, 0.15) is 11.6 Å². The van der Waals surface area contributed by atoms with Crippen LogP contribution >= 0.6 is 0 Å². The fourth-order valence-corrected chi connectivity index (χ4v) is 4.68. The molecule has 2 heterocycles. The van der Waals surface area contributed by atoms with E-state index in [1.54, 1.807) is 0 Å². The maximum Gasteiger partial charge on any atom is 0.120 e. The molecule has 0 saturated heterocycles. The Bertz CT molecular complexity index is 1270. The van der Waals surface area contributed by atoms with E-state index in [9.17, 15) is 0 Å². The molecule has 1 aliphatic carbocycles. The second kappa shape index (κ2) is 12.8. The average Bonchev–Trinajstić information content (AvgIpc) is 3.59. The van der Waals surface area contributed by atoms with Gasteiger partial charge in [-0.1, -0.05) is 64.1 Å². The van der Waals surface area contributed by atoms with Crippen LogP contribution in [0.25, 0.3) is 33.6 Å². The molecule has 0 saturated carbocycles. The number of fused-ring (bicyclic) bond motifs is 1. The van der Waals surface area contributed by atoms with Gasteiger partial charge in [-0.3, -0.25) is 0 Å². The van der Waals surface area contributed by atoms with Crippen LogP contribution in [0, 0.1) is 0 Å². The van der Waals surface area contributed by atoms with E-state index in [0.717, 1.165) is 73.9 Å². The predicted octanol–water partition coefficient (Wildman–Crippen LogP) is 6.65. The lowest BCUT2D eigenvalue weighted by Gasteiger charge is -2.26. The first-order valence-corrected chi connectivity index (χ1v) is 13.9. The van der Waals surface area contributed by atoms with E-state index in [2.05, 4.69) is 87.7 Å². The summed E-state index contributed by atoms with van der Waals surface area (Å²) < 4.78 is 0. The molecule has 1 aliphatic rings. The molecule has 6 nitrogen and oxygen atoms in total. The van der Waals surface area contributed by atoms with Crippen molar-refractivity contribution in [2.45, 2.75) is 79.4 Å². The molecular weight excluding hydrogens is 456 g/mol. The molecule has 37 heavy (non-hydrogen) atoms. The molecule has 0 amide bonds. The molecule has 4 aromatic rings. The second-order valence-electron chi connectivity index (χ2n) is 9.55. The first kappa shape index (κ1) is 26.8. The van der Waals surface area contributed by atoms with E-state index in [4.69, 9.17) is 0 Å². The molecule has 2 aromatic carbocycles. The first-order valence-electron chi connectivity index (χ1n) is 13.9. The van der Waals surface area contributed by atoms with Crippen molar-refractivity contribution < 1.29 is 0 Å². The fraction of sp³-hybridized carbons (Fsp3) is 0.419. The maximum atomic E-state index is 4.61. The second-order valence-corrected chi connectivity index (χ2v) is 9.55. The van der Waals surface area contributed by atoms with Gasteiger partial charge < -0.3 is 20.6 Å². The number of hydrogen-bond acceptors (Lipinski definition) is 4. The van der Waals surface area contributed by atoms with E-state index in [-0.39, 0.29) is 0 Å². The van der Waals surface area contributed by atoms with Gasteiger partial charge in [-0.2, -0.15) is 0 Å². The van der Waals surface area contributed by atoms with Crippen LogP contribution < -0.4 is 10.6 Å². The molecule has 0 spiro atoms. The highest BCUT2D eigenvalue weighted by molar-refractivity contribution is 5.79. The van der Waals surface area contributed by atoms with Gasteiger partial charge >= 0.3 is 0 Å². The molecule has 1 atom stereocenters. The molecule has 0 unspecified atom stereocenters. The summed E-state index contributed by atoms with van der Waals surface area (Å²) in [4.78, 5) is 16.1. The van der Waals surface area contributed by atoms with E-state index < -0.39 is 0 Å². The minimum atomic E-state index is 0.494. The largest absolute Gasteiger partial charge is 0.341 e. The molecule has 0 bridgehead atoms. The third kappa shape index (κ3) is 6.20. The van der Waals surface area contributed by atoms with Gasteiger partial charge in [0.2, 0.25) is 0 Å². The average molecular weight is 499 g/mol. The Balaban J connectivity index is 0.00000156. The summed E-state index contributed by atoms with van der Waals surface area (Å²) >= 11 is 0. The highest BCUT2D eigenvalue weighted by Gasteiger charge is 2.23. The van der Waals surface area contributed by atoms with Gasteiger partial charge in [0, 0.05) is 11.6 Å². The Labute approximate surface area is 221 Å². The molecule has 0 radical (unpaired) electrons. The van der Waals surface area contributed by atoms with Crippen molar-refractivity contribution in [3.8, 4) is 33.6 Å². The zero-order valence-corrected chi connectivity index (χ0v) is 23.0. The lowest BCUT2D eigenvalue weighted by molar-refractivity contribution is 0.525. The van der Waals surface area contributed by atoms with Crippen LogP contribution in [0.15, 0.2) is 48.8 Å². The Morgan fingerprint density at radius 1 is 0.784 bits per heavy atom. The minimum absolute atomic E-state index is 0.494. The summed E-state index contributed by atoms with van der Waals surface area (Å²) in [5.74, 6) is 1.98.